The third kappa shape index (κ3) is 3.83. The van der Waals surface area contributed by atoms with E-state index >= 15 is 0 Å². The van der Waals surface area contributed by atoms with Gasteiger partial charge in [-0.25, -0.2) is 0 Å². The molecule has 0 fully saturated rings. The van der Waals surface area contributed by atoms with Crippen LogP contribution >= 0.6 is 0 Å². The van der Waals surface area contributed by atoms with Gasteiger partial charge < -0.3 is 10.5 Å². The van der Waals surface area contributed by atoms with Crippen molar-refractivity contribution in [1.82, 2.24) is 0 Å². The fourth-order valence-corrected chi connectivity index (χ4v) is 0.634. The third-order valence-corrected chi connectivity index (χ3v) is 1.48. The summed E-state index contributed by atoms with van der Waals surface area (Å²) in [6.45, 7) is 11.8. The van der Waals surface area contributed by atoms with Crippen LogP contribution in [0, 0.1) is 5.92 Å². The second-order valence-electron chi connectivity index (χ2n) is 2.84. The van der Waals surface area contributed by atoms with Crippen molar-refractivity contribution >= 4 is 0 Å². The highest BCUT2D eigenvalue weighted by molar-refractivity contribution is 4.97. The maximum Gasteiger partial charge on any atom is 0.106 e. The standard InChI is InChI=1S/C9H17NO/c1-5-6-11-8(4)9(10)7(2)3/h5,7,9H,1,4,6,10H2,2-3H3/t9-/m0/s1. The van der Waals surface area contributed by atoms with Crippen LogP contribution in [-0.2, 0) is 4.74 Å². The molecule has 64 valence electrons. The molecule has 0 aliphatic rings. The van der Waals surface area contributed by atoms with Gasteiger partial charge in [-0.3, -0.25) is 0 Å². The smallest absolute Gasteiger partial charge is 0.106 e. The largest absolute Gasteiger partial charge is 0.493 e. The summed E-state index contributed by atoms with van der Waals surface area (Å²) in [4.78, 5) is 0. The highest BCUT2D eigenvalue weighted by Gasteiger charge is 2.11. The van der Waals surface area contributed by atoms with Gasteiger partial charge in [-0.1, -0.05) is 33.1 Å². The molecule has 0 spiro atoms. The van der Waals surface area contributed by atoms with E-state index in [0.29, 0.717) is 18.3 Å². The van der Waals surface area contributed by atoms with Crippen molar-refractivity contribution in [3.8, 4) is 0 Å². The highest BCUT2D eigenvalue weighted by Crippen LogP contribution is 2.08. The number of nitrogens with two attached hydrogens (primary N) is 1. The molecule has 0 bridgehead atoms. The summed E-state index contributed by atoms with van der Waals surface area (Å²) in [5, 5.41) is 0. The van der Waals surface area contributed by atoms with Gasteiger partial charge in [0.25, 0.3) is 0 Å². The summed E-state index contributed by atoms with van der Waals surface area (Å²) in [7, 11) is 0. The minimum absolute atomic E-state index is 0.0741. The number of rotatable bonds is 5. The van der Waals surface area contributed by atoms with Crippen LogP contribution in [0.5, 0.6) is 0 Å². The van der Waals surface area contributed by atoms with E-state index in [4.69, 9.17) is 10.5 Å². The highest BCUT2D eigenvalue weighted by atomic mass is 16.5. The van der Waals surface area contributed by atoms with Crippen LogP contribution in [0.4, 0.5) is 0 Å². The molecule has 0 aromatic heterocycles. The van der Waals surface area contributed by atoms with Crippen LogP contribution in [0.3, 0.4) is 0 Å². The van der Waals surface area contributed by atoms with Crippen molar-refractivity contribution in [3.63, 3.8) is 0 Å². The Morgan fingerprint density at radius 3 is 2.55 bits per heavy atom. The molecule has 2 nitrogen and oxygen atoms in total. The Morgan fingerprint density at radius 2 is 2.18 bits per heavy atom. The molecular weight excluding hydrogens is 138 g/mol. The number of hydrogen-bond acceptors (Lipinski definition) is 2. The molecule has 0 rings (SSSR count). The topological polar surface area (TPSA) is 35.2 Å². The van der Waals surface area contributed by atoms with Gasteiger partial charge in [0, 0.05) is 0 Å². The Hall–Kier alpha value is -0.760. The van der Waals surface area contributed by atoms with Gasteiger partial charge in [-0.05, 0) is 5.92 Å². The second kappa shape index (κ2) is 4.97. The van der Waals surface area contributed by atoms with Gasteiger partial charge in [0.1, 0.15) is 12.4 Å². The van der Waals surface area contributed by atoms with Gasteiger partial charge >= 0.3 is 0 Å². The summed E-state index contributed by atoms with van der Waals surface area (Å²) in [5.74, 6) is 1.01. The van der Waals surface area contributed by atoms with Gasteiger partial charge in [0.05, 0.1) is 6.04 Å². The number of hydrogen-bond donors (Lipinski definition) is 1. The predicted molar refractivity (Wildman–Crippen MR) is 48.1 cm³/mol. The van der Waals surface area contributed by atoms with Crippen LogP contribution in [0.1, 0.15) is 13.8 Å². The van der Waals surface area contributed by atoms with E-state index in [0.717, 1.165) is 0 Å². The average Bonchev–Trinajstić information content (AvgIpc) is 1.98. The van der Waals surface area contributed by atoms with Gasteiger partial charge in [-0.2, -0.15) is 0 Å². The Morgan fingerprint density at radius 1 is 1.64 bits per heavy atom. The lowest BCUT2D eigenvalue weighted by Gasteiger charge is -2.17. The van der Waals surface area contributed by atoms with E-state index in [9.17, 15) is 0 Å². The quantitative estimate of drug-likeness (QED) is 0.484. The zero-order chi connectivity index (χ0) is 8.85. The summed E-state index contributed by atoms with van der Waals surface area (Å²) in [6.07, 6.45) is 1.68. The Bertz CT molecular complexity index is 140. The van der Waals surface area contributed by atoms with Crippen molar-refractivity contribution in [2.45, 2.75) is 19.9 Å². The first-order valence-corrected chi connectivity index (χ1v) is 3.77. The van der Waals surface area contributed by atoms with Gasteiger partial charge in [0.15, 0.2) is 0 Å². The second-order valence-corrected chi connectivity index (χ2v) is 2.84. The molecule has 0 aromatic carbocycles. The van der Waals surface area contributed by atoms with Crippen molar-refractivity contribution < 1.29 is 4.74 Å². The Labute approximate surface area is 68.7 Å². The summed E-state index contributed by atoms with van der Waals surface area (Å²) in [5.41, 5.74) is 5.74. The maximum absolute atomic E-state index is 5.74. The molecule has 0 amide bonds. The molecule has 2 heteroatoms. The minimum Gasteiger partial charge on any atom is -0.493 e. The average molecular weight is 155 g/mol. The Kier molecular flexibility index (Phi) is 4.62. The van der Waals surface area contributed by atoms with Crippen LogP contribution in [0.2, 0.25) is 0 Å². The molecule has 0 aliphatic carbocycles. The zero-order valence-electron chi connectivity index (χ0n) is 7.34. The lowest BCUT2D eigenvalue weighted by molar-refractivity contribution is 0.214. The fourth-order valence-electron chi connectivity index (χ4n) is 0.634. The molecule has 0 heterocycles. The predicted octanol–water partition coefficient (Wildman–Crippen LogP) is 1.69. The normalized spacial score (nSPS) is 12.7. The fraction of sp³-hybridized carbons (Fsp3) is 0.556. The van der Waals surface area contributed by atoms with E-state index in [1.165, 1.54) is 0 Å². The van der Waals surface area contributed by atoms with Crippen LogP contribution in [0.25, 0.3) is 0 Å². The molecule has 0 aromatic rings. The molecule has 1 atom stereocenters. The molecule has 11 heavy (non-hydrogen) atoms. The van der Waals surface area contributed by atoms with E-state index < -0.39 is 0 Å². The molecule has 0 saturated carbocycles. The zero-order valence-corrected chi connectivity index (χ0v) is 7.34. The van der Waals surface area contributed by atoms with E-state index in [1.807, 2.05) is 13.8 Å². The van der Waals surface area contributed by atoms with Gasteiger partial charge in [0.2, 0.25) is 0 Å². The van der Waals surface area contributed by atoms with Crippen LogP contribution in [-0.4, -0.2) is 12.6 Å². The van der Waals surface area contributed by atoms with E-state index in [2.05, 4.69) is 13.2 Å². The summed E-state index contributed by atoms with van der Waals surface area (Å²) in [6, 6.07) is -0.0741. The molecule has 2 N–H and O–H groups in total. The first-order valence-electron chi connectivity index (χ1n) is 3.77. The lowest BCUT2D eigenvalue weighted by Crippen LogP contribution is -2.29. The van der Waals surface area contributed by atoms with Crippen molar-refractivity contribution in [2.24, 2.45) is 11.7 Å². The van der Waals surface area contributed by atoms with Crippen LogP contribution < -0.4 is 5.73 Å². The summed E-state index contributed by atoms with van der Waals surface area (Å²) < 4.78 is 5.18. The van der Waals surface area contributed by atoms with Crippen molar-refractivity contribution in [2.75, 3.05) is 6.61 Å². The summed E-state index contributed by atoms with van der Waals surface area (Å²) >= 11 is 0. The first kappa shape index (κ1) is 10.2. The molecule has 0 radical (unpaired) electrons. The monoisotopic (exact) mass is 155 g/mol. The van der Waals surface area contributed by atoms with E-state index in [1.54, 1.807) is 6.08 Å². The molecule has 0 saturated heterocycles. The van der Waals surface area contributed by atoms with E-state index in [-0.39, 0.29) is 6.04 Å². The molecule has 0 aliphatic heterocycles. The first-order chi connectivity index (χ1) is 5.09. The van der Waals surface area contributed by atoms with Crippen LogP contribution in [0.15, 0.2) is 25.0 Å². The SMILES string of the molecule is C=CCOC(=C)[C@@H](N)C(C)C. The van der Waals surface area contributed by atoms with Gasteiger partial charge in [-0.15, -0.1) is 0 Å². The lowest BCUT2D eigenvalue weighted by atomic mass is 10.0. The number of ether oxygens (including phenoxy) is 1. The van der Waals surface area contributed by atoms with Crippen molar-refractivity contribution in [3.05, 3.63) is 25.0 Å². The Balaban J connectivity index is 3.73. The molecular formula is C9H17NO. The minimum atomic E-state index is -0.0741. The maximum atomic E-state index is 5.74. The third-order valence-electron chi connectivity index (χ3n) is 1.48. The molecule has 0 unspecified atom stereocenters. The van der Waals surface area contributed by atoms with Crippen molar-refractivity contribution in [1.29, 1.82) is 0 Å².